The highest BCUT2D eigenvalue weighted by molar-refractivity contribution is 9.10. The molecule has 0 fully saturated rings. The minimum Gasteiger partial charge on any atom is -0.495 e. The summed E-state index contributed by atoms with van der Waals surface area (Å²) in [5.41, 5.74) is 1.65. The lowest BCUT2D eigenvalue weighted by Gasteiger charge is -2.14. The van der Waals surface area contributed by atoms with Crippen molar-refractivity contribution in [3.63, 3.8) is 0 Å². The van der Waals surface area contributed by atoms with Crippen LogP contribution in [0, 0.1) is 6.92 Å². The summed E-state index contributed by atoms with van der Waals surface area (Å²) in [6.07, 6.45) is 0. The minimum absolute atomic E-state index is 0.109. The molecule has 150 valence electrons. The van der Waals surface area contributed by atoms with E-state index in [1.165, 1.54) is 13.2 Å². The molecule has 0 radical (unpaired) electrons. The molecule has 0 saturated heterocycles. The van der Waals surface area contributed by atoms with Gasteiger partial charge in [0.15, 0.2) is 0 Å². The highest BCUT2D eigenvalue weighted by Crippen LogP contribution is 2.27. The van der Waals surface area contributed by atoms with E-state index in [-0.39, 0.29) is 16.1 Å². The summed E-state index contributed by atoms with van der Waals surface area (Å²) < 4.78 is 34.2. The van der Waals surface area contributed by atoms with Crippen molar-refractivity contribution in [1.29, 1.82) is 0 Å². The summed E-state index contributed by atoms with van der Waals surface area (Å²) in [5.74, 6) is 0.0454. The van der Waals surface area contributed by atoms with Crippen molar-refractivity contribution in [2.75, 3.05) is 17.1 Å². The molecule has 2 N–H and O–H groups in total. The van der Waals surface area contributed by atoms with Gasteiger partial charge in [0.25, 0.3) is 15.9 Å². The van der Waals surface area contributed by atoms with Crippen molar-refractivity contribution < 1.29 is 17.9 Å². The standard InChI is InChI=1S/C21H19BrN2O4S/c1-14-13-15(11-12-17(14)22)29(26,27)24-18-8-4-3-7-16(18)21(25)23-19-9-5-6-10-20(19)28-2/h3-13,24H,1-2H3,(H,23,25). The second kappa shape index (κ2) is 8.67. The average molecular weight is 475 g/mol. The topological polar surface area (TPSA) is 84.5 Å². The number of nitrogens with one attached hydrogen (secondary N) is 2. The van der Waals surface area contributed by atoms with Gasteiger partial charge in [-0.25, -0.2) is 8.42 Å². The molecule has 0 unspecified atom stereocenters. The number of hydrogen-bond donors (Lipinski definition) is 2. The summed E-state index contributed by atoms with van der Waals surface area (Å²) in [4.78, 5) is 12.9. The minimum atomic E-state index is -3.87. The number of aryl methyl sites for hydroxylation is 1. The van der Waals surface area contributed by atoms with Crippen LogP contribution in [0.2, 0.25) is 0 Å². The Hall–Kier alpha value is -2.84. The maximum atomic E-state index is 12.8. The summed E-state index contributed by atoms with van der Waals surface area (Å²) in [5, 5.41) is 2.76. The molecule has 0 spiro atoms. The lowest BCUT2D eigenvalue weighted by molar-refractivity contribution is 0.102. The van der Waals surface area contributed by atoms with Crippen molar-refractivity contribution >= 4 is 43.2 Å². The fourth-order valence-corrected chi connectivity index (χ4v) is 4.11. The van der Waals surface area contributed by atoms with Gasteiger partial charge in [-0.3, -0.25) is 9.52 Å². The highest BCUT2D eigenvalue weighted by Gasteiger charge is 2.20. The molecule has 3 aromatic rings. The van der Waals surface area contributed by atoms with Crippen molar-refractivity contribution in [2.45, 2.75) is 11.8 Å². The second-order valence-corrected chi connectivity index (χ2v) is 8.75. The lowest BCUT2D eigenvalue weighted by Crippen LogP contribution is -2.19. The average Bonchev–Trinajstić information content (AvgIpc) is 2.70. The fraction of sp³-hybridized carbons (Fsp3) is 0.0952. The third kappa shape index (κ3) is 4.78. The number of rotatable bonds is 6. The van der Waals surface area contributed by atoms with Crippen molar-refractivity contribution in [3.05, 3.63) is 82.3 Å². The predicted molar refractivity (Wildman–Crippen MR) is 117 cm³/mol. The summed E-state index contributed by atoms with van der Waals surface area (Å²) in [7, 11) is -2.36. The largest absolute Gasteiger partial charge is 0.495 e. The van der Waals surface area contributed by atoms with Crippen LogP contribution in [-0.4, -0.2) is 21.4 Å². The molecule has 0 aromatic heterocycles. The van der Waals surface area contributed by atoms with E-state index in [1.807, 2.05) is 0 Å². The Bertz CT molecular complexity index is 1160. The fourth-order valence-electron chi connectivity index (χ4n) is 2.70. The zero-order valence-corrected chi connectivity index (χ0v) is 18.2. The molecule has 0 saturated carbocycles. The van der Waals surface area contributed by atoms with E-state index in [0.29, 0.717) is 11.4 Å². The number of ether oxygens (including phenoxy) is 1. The van der Waals surface area contributed by atoms with Crippen LogP contribution in [-0.2, 0) is 10.0 Å². The molecule has 0 aliphatic rings. The molecule has 0 atom stereocenters. The first kappa shape index (κ1) is 20.9. The molecule has 0 aliphatic carbocycles. The number of amides is 1. The molecular weight excluding hydrogens is 456 g/mol. The number of anilines is 2. The van der Waals surface area contributed by atoms with E-state index in [1.54, 1.807) is 67.6 Å². The van der Waals surface area contributed by atoms with Crippen LogP contribution in [0.15, 0.2) is 76.1 Å². The van der Waals surface area contributed by atoms with Gasteiger partial charge < -0.3 is 10.1 Å². The molecular formula is C21H19BrN2O4S. The van der Waals surface area contributed by atoms with Gasteiger partial charge in [-0.05, 0) is 55.0 Å². The zero-order chi connectivity index (χ0) is 21.0. The molecule has 0 heterocycles. The smallest absolute Gasteiger partial charge is 0.261 e. The monoisotopic (exact) mass is 474 g/mol. The van der Waals surface area contributed by atoms with Crippen LogP contribution >= 0.6 is 15.9 Å². The van der Waals surface area contributed by atoms with E-state index in [0.717, 1.165) is 10.0 Å². The normalized spacial score (nSPS) is 11.0. The van der Waals surface area contributed by atoms with Crippen molar-refractivity contribution in [1.82, 2.24) is 0 Å². The van der Waals surface area contributed by atoms with E-state index in [2.05, 4.69) is 26.0 Å². The number of halogens is 1. The number of carbonyl (C=O) groups excluding carboxylic acids is 1. The molecule has 0 bridgehead atoms. The van der Waals surface area contributed by atoms with E-state index in [4.69, 9.17) is 4.74 Å². The third-order valence-corrected chi connectivity index (χ3v) is 6.46. The molecule has 0 aliphatic heterocycles. The highest BCUT2D eigenvalue weighted by atomic mass is 79.9. The van der Waals surface area contributed by atoms with Crippen molar-refractivity contribution in [2.24, 2.45) is 0 Å². The van der Waals surface area contributed by atoms with Gasteiger partial charge in [0.05, 0.1) is 28.9 Å². The number of hydrogen-bond acceptors (Lipinski definition) is 4. The van der Waals surface area contributed by atoms with Crippen molar-refractivity contribution in [3.8, 4) is 5.75 Å². The van der Waals surface area contributed by atoms with Crippen LogP contribution in [0.4, 0.5) is 11.4 Å². The first-order valence-corrected chi connectivity index (χ1v) is 10.9. The van der Waals surface area contributed by atoms with Gasteiger partial charge in [-0.1, -0.05) is 40.2 Å². The Balaban J connectivity index is 1.90. The number of para-hydroxylation sites is 3. The van der Waals surface area contributed by atoms with Gasteiger partial charge in [0, 0.05) is 4.47 Å². The second-order valence-electron chi connectivity index (χ2n) is 6.22. The Morgan fingerprint density at radius 2 is 1.62 bits per heavy atom. The van der Waals surface area contributed by atoms with Gasteiger partial charge in [-0.2, -0.15) is 0 Å². The van der Waals surface area contributed by atoms with Gasteiger partial charge in [0.1, 0.15) is 5.75 Å². The quantitative estimate of drug-likeness (QED) is 0.536. The Kier molecular flexibility index (Phi) is 6.24. The van der Waals surface area contributed by atoms with Gasteiger partial charge in [-0.15, -0.1) is 0 Å². The predicted octanol–water partition coefficient (Wildman–Crippen LogP) is 4.82. The molecule has 3 rings (SSSR count). The van der Waals surface area contributed by atoms with E-state index in [9.17, 15) is 13.2 Å². The van der Waals surface area contributed by atoms with Gasteiger partial charge >= 0.3 is 0 Å². The first-order chi connectivity index (χ1) is 13.8. The number of benzene rings is 3. The summed E-state index contributed by atoms with van der Waals surface area (Å²) in [6, 6.07) is 18.1. The van der Waals surface area contributed by atoms with Crippen LogP contribution < -0.4 is 14.8 Å². The Morgan fingerprint density at radius 1 is 0.966 bits per heavy atom. The summed E-state index contributed by atoms with van der Waals surface area (Å²) in [6.45, 7) is 1.80. The van der Waals surface area contributed by atoms with E-state index < -0.39 is 15.9 Å². The van der Waals surface area contributed by atoms with Crippen LogP contribution in [0.5, 0.6) is 5.75 Å². The van der Waals surface area contributed by atoms with Crippen LogP contribution in [0.3, 0.4) is 0 Å². The third-order valence-electron chi connectivity index (χ3n) is 4.21. The SMILES string of the molecule is COc1ccccc1NC(=O)c1ccccc1NS(=O)(=O)c1ccc(Br)c(C)c1. The maximum Gasteiger partial charge on any atom is 0.261 e. The lowest BCUT2D eigenvalue weighted by atomic mass is 10.1. The van der Waals surface area contributed by atoms with E-state index >= 15 is 0 Å². The molecule has 6 nitrogen and oxygen atoms in total. The Labute approximate surface area is 178 Å². The maximum absolute atomic E-state index is 12.8. The zero-order valence-electron chi connectivity index (χ0n) is 15.8. The van der Waals surface area contributed by atoms with Crippen LogP contribution in [0.25, 0.3) is 0 Å². The number of sulfonamides is 1. The molecule has 29 heavy (non-hydrogen) atoms. The van der Waals surface area contributed by atoms with Crippen LogP contribution in [0.1, 0.15) is 15.9 Å². The molecule has 3 aromatic carbocycles. The first-order valence-electron chi connectivity index (χ1n) is 8.64. The number of carbonyl (C=O) groups is 1. The Morgan fingerprint density at radius 3 is 2.31 bits per heavy atom. The summed E-state index contributed by atoms with van der Waals surface area (Å²) >= 11 is 3.36. The molecule has 8 heteroatoms. The number of methoxy groups -OCH3 is 1. The molecule has 1 amide bonds. The van der Waals surface area contributed by atoms with Gasteiger partial charge in [0.2, 0.25) is 0 Å².